The van der Waals surface area contributed by atoms with Gasteiger partial charge < -0.3 is 10.6 Å². The van der Waals surface area contributed by atoms with Crippen LogP contribution in [0.5, 0.6) is 0 Å². The Morgan fingerprint density at radius 2 is 1.72 bits per heavy atom. The van der Waals surface area contributed by atoms with Crippen molar-refractivity contribution < 1.29 is 9.59 Å². The number of likely N-dealkylation sites (tertiary alicyclic amines) is 1. The number of piperidine rings is 1. The minimum atomic E-state index is 0.0347. The number of rotatable bonds is 8. The van der Waals surface area contributed by atoms with Crippen molar-refractivity contribution >= 4 is 23.4 Å². The summed E-state index contributed by atoms with van der Waals surface area (Å²) in [6, 6.07) is 8.02. The maximum Gasteiger partial charge on any atom is 0.223 e. The summed E-state index contributed by atoms with van der Waals surface area (Å²) < 4.78 is 0. The molecule has 3 rings (SSSR count). The Bertz CT molecular complexity index is 668. The molecule has 1 aromatic carbocycles. The summed E-state index contributed by atoms with van der Waals surface area (Å²) in [6.07, 6.45) is 8.06. The lowest BCUT2D eigenvalue weighted by atomic mass is 9.89. The normalized spacial score (nSPS) is 19.1. The standard InChI is InChI=1S/C23H34ClN3O2/c24-21-9-5-4-8-20(21)17-27-14-11-18(12-15-27)16-26-22(28)10-13-25-23(29)19-6-2-1-3-7-19/h4-5,8-9,18-19H,1-3,6-7,10-17H2,(H,25,29)(H,26,28). The molecule has 1 aromatic rings. The van der Waals surface area contributed by atoms with E-state index >= 15 is 0 Å². The molecule has 1 saturated carbocycles. The summed E-state index contributed by atoms with van der Waals surface area (Å²) in [7, 11) is 0. The summed E-state index contributed by atoms with van der Waals surface area (Å²) >= 11 is 6.26. The van der Waals surface area contributed by atoms with Gasteiger partial charge in [0.15, 0.2) is 0 Å². The van der Waals surface area contributed by atoms with Gasteiger partial charge in [0.1, 0.15) is 0 Å². The van der Waals surface area contributed by atoms with E-state index in [-0.39, 0.29) is 17.7 Å². The monoisotopic (exact) mass is 419 g/mol. The third-order valence-corrected chi connectivity index (χ3v) is 6.64. The number of carbonyl (C=O) groups excluding carboxylic acids is 2. The fraction of sp³-hybridized carbons (Fsp3) is 0.652. The fourth-order valence-electron chi connectivity index (χ4n) is 4.37. The number of nitrogens with zero attached hydrogens (tertiary/aromatic N) is 1. The molecule has 29 heavy (non-hydrogen) atoms. The van der Waals surface area contributed by atoms with Crippen LogP contribution in [-0.4, -0.2) is 42.9 Å². The zero-order valence-corrected chi connectivity index (χ0v) is 18.1. The van der Waals surface area contributed by atoms with Crippen molar-refractivity contribution in [1.29, 1.82) is 0 Å². The van der Waals surface area contributed by atoms with E-state index < -0.39 is 0 Å². The zero-order valence-electron chi connectivity index (χ0n) is 17.3. The lowest BCUT2D eigenvalue weighted by Gasteiger charge is -2.32. The van der Waals surface area contributed by atoms with E-state index in [4.69, 9.17) is 11.6 Å². The van der Waals surface area contributed by atoms with Gasteiger partial charge in [0.05, 0.1) is 0 Å². The molecule has 0 spiro atoms. The molecular formula is C23H34ClN3O2. The smallest absolute Gasteiger partial charge is 0.223 e. The fourth-order valence-corrected chi connectivity index (χ4v) is 4.57. The SMILES string of the molecule is O=C(CCNC(=O)C1CCCCC1)NCC1CCN(Cc2ccccc2Cl)CC1. The van der Waals surface area contributed by atoms with Crippen LogP contribution in [0.2, 0.25) is 5.02 Å². The summed E-state index contributed by atoms with van der Waals surface area (Å²) in [5, 5.41) is 6.82. The molecule has 2 N–H and O–H groups in total. The van der Waals surface area contributed by atoms with Crippen molar-refractivity contribution in [2.75, 3.05) is 26.2 Å². The second kappa shape index (κ2) is 11.6. The van der Waals surface area contributed by atoms with E-state index in [0.29, 0.717) is 18.9 Å². The van der Waals surface area contributed by atoms with Gasteiger partial charge in [-0.3, -0.25) is 14.5 Å². The van der Waals surface area contributed by atoms with Gasteiger partial charge in [-0.15, -0.1) is 0 Å². The van der Waals surface area contributed by atoms with Gasteiger partial charge in [0.2, 0.25) is 11.8 Å². The van der Waals surface area contributed by atoms with Crippen molar-refractivity contribution in [3.8, 4) is 0 Å². The van der Waals surface area contributed by atoms with Crippen molar-refractivity contribution in [3.05, 3.63) is 34.9 Å². The van der Waals surface area contributed by atoms with Crippen LogP contribution in [0.4, 0.5) is 0 Å². The second-order valence-electron chi connectivity index (χ2n) is 8.49. The highest BCUT2D eigenvalue weighted by molar-refractivity contribution is 6.31. The molecule has 0 unspecified atom stereocenters. The van der Waals surface area contributed by atoms with E-state index in [1.165, 1.54) is 12.0 Å². The molecule has 160 valence electrons. The maximum absolute atomic E-state index is 12.1. The number of amides is 2. The molecule has 0 bridgehead atoms. The third-order valence-electron chi connectivity index (χ3n) is 6.27. The van der Waals surface area contributed by atoms with E-state index in [1.807, 2.05) is 18.2 Å². The molecule has 1 aliphatic heterocycles. The Morgan fingerprint density at radius 3 is 2.45 bits per heavy atom. The summed E-state index contributed by atoms with van der Waals surface area (Å²) in [5.74, 6) is 0.844. The van der Waals surface area contributed by atoms with E-state index in [9.17, 15) is 9.59 Å². The highest BCUT2D eigenvalue weighted by Crippen LogP contribution is 2.24. The third kappa shape index (κ3) is 7.31. The van der Waals surface area contributed by atoms with E-state index in [0.717, 1.165) is 69.7 Å². The van der Waals surface area contributed by atoms with Gasteiger partial charge in [-0.2, -0.15) is 0 Å². The molecule has 2 fully saturated rings. The average Bonchev–Trinajstić information content (AvgIpc) is 2.75. The number of nitrogens with one attached hydrogen (secondary N) is 2. The van der Waals surface area contributed by atoms with Gasteiger partial charge >= 0.3 is 0 Å². The van der Waals surface area contributed by atoms with E-state index in [1.54, 1.807) is 0 Å². The number of halogens is 1. The Kier molecular flexibility index (Phi) is 8.81. The van der Waals surface area contributed by atoms with Gasteiger partial charge in [-0.1, -0.05) is 49.1 Å². The first-order chi connectivity index (χ1) is 14.1. The zero-order chi connectivity index (χ0) is 20.5. The topological polar surface area (TPSA) is 61.4 Å². The van der Waals surface area contributed by atoms with E-state index in [2.05, 4.69) is 21.6 Å². The van der Waals surface area contributed by atoms with Gasteiger partial charge in [0.25, 0.3) is 0 Å². The highest BCUT2D eigenvalue weighted by Gasteiger charge is 2.22. The summed E-state index contributed by atoms with van der Waals surface area (Å²) in [6.45, 7) is 4.12. The van der Waals surface area contributed by atoms with Crippen LogP contribution >= 0.6 is 11.6 Å². The minimum Gasteiger partial charge on any atom is -0.356 e. The molecular weight excluding hydrogens is 386 g/mol. The molecule has 1 heterocycles. The Morgan fingerprint density at radius 1 is 1.00 bits per heavy atom. The van der Waals surface area contributed by atoms with Crippen molar-refractivity contribution in [1.82, 2.24) is 15.5 Å². The molecule has 6 heteroatoms. The maximum atomic E-state index is 12.1. The second-order valence-corrected chi connectivity index (χ2v) is 8.90. The van der Waals surface area contributed by atoms with Crippen molar-refractivity contribution in [3.63, 3.8) is 0 Å². The Hall–Kier alpha value is -1.59. The van der Waals surface area contributed by atoms with Crippen LogP contribution in [0.25, 0.3) is 0 Å². The van der Waals surface area contributed by atoms with Gasteiger partial charge in [0, 0.05) is 37.0 Å². The molecule has 1 aliphatic carbocycles. The Labute approximate surface area is 179 Å². The number of hydrogen-bond donors (Lipinski definition) is 2. The number of hydrogen-bond acceptors (Lipinski definition) is 3. The lowest BCUT2D eigenvalue weighted by Crippen LogP contribution is -2.39. The van der Waals surface area contributed by atoms with Crippen molar-refractivity contribution in [2.45, 2.75) is 57.9 Å². The van der Waals surface area contributed by atoms with Crippen LogP contribution < -0.4 is 10.6 Å². The molecule has 2 aliphatic rings. The van der Waals surface area contributed by atoms with Gasteiger partial charge in [-0.25, -0.2) is 0 Å². The molecule has 0 atom stereocenters. The Balaban J connectivity index is 1.26. The molecule has 5 nitrogen and oxygen atoms in total. The lowest BCUT2D eigenvalue weighted by molar-refractivity contribution is -0.126. The number of carbonyl (C=O) groups is 2. The molecule has 0 radical (unpaired) electrons. The number of benzene rings is 1. The van der Waals surface area contributed by atoms with Crippen LogP contribution in [0.15, 0.2) is 24.3 Å². The highest BCUT2D eigenvalue weighted by atomic mass is 35.5. The van der Waals surface area contributed by atoms with Crippen LogP contribution in [-0.2, 0) is 16.1 Å². The predicted molar refractivity (Wildman–Crippen MR) is 117 cm³/mol. The quantitative estimate of drug-likeness (QED) is 0.674. The largest absolute Gasteiger partial charge is 0.356 e. The molecule has 1 saturated heterocycles. The first-order valence-electron chi connectivity index (χ1n) is 11.1. The van der Waals surface area contributed by atoms with Crippen LogP contribution in [0.3, 0.4) is 0 Å². The molecule has 0 aromatic heterocycles. The predicted octanol–water partition coefficient (Wildman–Crippen LogP) is 3.75. The van der Waals surface area contributed by atoms with Crippen LogP contribution in [0, 0.1) is 11.8 Å². The first kappa shape index (κ1) is 22.1. The summed E-state index contributed by atoms with van der Waals surface area (Å²) in [5.41, 5.74) is 1.18. The first-order valence-corrected chi connectivity index (χ1v) is 11.5. The average molecular weight is 420 g/mol. The van der Waals surface area contributed by atoms with Gasteiger partial charge in [-0.05, 0) is 56.3 Å². The minimum absolute atomic E-state index is 0.0347. The van der Waals surface area contributed by atoms with Crippen molar-refractivity contribution in [2.24, 2.45) is 11.8 Å². The summed E-state index contributed by atoms with van der Waals surface area (Å²) in [4.78, 5) is 26.6. The van der Waals surface area contributed by atoms with Crippen LogP contribution in [0.1, 0.15) is 56.9 Å². The molecule has 2 amide bonds.